The van der Waals surface area contributed by atoms with Gasteiger partial charge in [0.25, 0.3) is 11.8 Å². The van der Waals surface area contributed by atoms with Crippen molar-refractivity contribution in [3.63, 3.8) is 0 Å². The van der Waals surface area contributed by atoms with Crippen LogP contribution in [0.3, 0.4) is 0 Å². The third-order valence-electron chi connectivity index (χ3n) is 10.9. The van der Waals surface area contributed by atoms with Gasteiger partial charge < -0.3 is 20.0 Å². The molecule has 2 aromatic carbocycles. The summed E-state index contributed by atoms with van der Waals surface area (Å²) in [4.78, 5) is 65.6. The Kier molecular flexibility index (Phi) is 7.59. The third-order valence-corrected chi connectivity index (χ3v) is 11.9. The molecule has 8 rings (SSSR count). The maximum Gasteiger partial charge on any atom is 0.356 e. The van der Waals surface area contributed by atoms with Crippen molar-refractivity contribution >= 4 is 55.6 Å². The SMILES string of the molecule is O=C(O)c1ncn2c1[C@]1(CCCCC[C@@]34CCCN3C(=O)c3cc(Br)ccc3-n3cnc(C(=O)O)c34)CCCN1C(=O)c1cc(Br)ccc1-2. The van der Waals surface area contributed by atoms with E-state index >= 15 is 0 Å². The molecule has 252 valence electrons. The van der Waals surface area contributed by atoms with E-state index in [-0.39, 0.29) is 23.2 Å². The maximum absolute atomic E-state index is 14.1. The van der Waals surface area contributed by atoms with Gasteiger partial charge in [-0.15, -0.1) is 0 Å². The van der Waals surface area contributed by atoms with E-state index in [2.05, 4.69) is 41.8 Å². The van der Waals surface area contributed by atoms with Crippen LogP contribution in [-0.2, 0) is 11.1 Å². The molecule has 0 spiro atoms. The second kappa shape index (κ2) is 11.7. The zero-order valence-corrected chi connectivity index (χ0v) is 29.5. The lowest BCUT2D eigenvalue weighted by atomic mass is 9.82. The van der Waals surface area contributed by atoms with Crippen molar-refractivity contribution in [3.05, 3.63) is 91.9 Å². The first-order valence-corrected chi connectivity index (χ1v) is 18.0. The Hall–Kier alpha value is -4.30. The summed E-state index contributed by atoms with van der Waals surface area (Å²) in [5.74, 6) is -2.53. The molecule has 2 amide bonds. The van der Waals surface area contributed by atoms with E-state index in [0.29, 0.717) is 85.5 Å². The molecule has 0 radical (unpaired) electrons. The standard InChI is InChI=1S/C35H32Br2N6O6/c36-20-6-8-24-22(16-20)30(44)42-14-4-12-34(42,28-26(32(46)47)38-18-40(24)28)10-2-1-3-11-35-13-5-15-43(35)31(45)23-17-21(37)7-9-25(23)41-19-39-27(29(35)41)33(48)49/h6-9,16-19H,1-5,10-15H2,(H,46,47)(H,48,49)/t34-,35-/m0/s1. The molecule has 6 heterocycles. The van der Waals surface area contributed by atoms with Crippen molar-refractivity contribution in [2.75, 3.05) is 13.1 Å². The van der Waals surface area contributed by atoms with E-state index < -0.39 is 23.0 Å². The largest absolute Gasteiger partial charge is 0.476 e. The molecule has 2 saturated heterocycles. The molecular weight excluding hydrogens is 760 g/mol. The Morgan fingerprint density at radius 3 is 1.53 bits per heavy atom. The van der Waals surface area contributed by atoms with Gasteiger partial charge in [-0.05, 0) is 74.9 Å². The number of halogens is 2. The lowest BCUT2D eigenvalue weighted by Gasteiger charge is -2.39. The molecule has 2 N–H and O–H groups in total. The molecule has 2 fully saturated rings. The van der Waals surface area contributed by atoms with Gasteiger partial charge in [0.1, 0.15) is 12.7 Å². The van der Waals surface area contributed by atoms with E-state index in [1.54, 1.807) is 21.3 Å². The van der Waals surface area contributed by atoms with Gasteiger partial charge in [0.05, 0.1) is 45.0 Å². The van der Waals surface area contributed by atoms with E-state index in [1.807, 2.05) is 34.1 Å². The molecule has 0 aliphatic carbocycles. The van der Waals surface area contributed by atoms with Crippen LogP contribution < -0.4 is 0 Å². The number of carbonyl (C=O) groups excluding carboxylic acids is 2. The van der Waals surface area contributed by atoms with Crippen LogP contribution in [0.5, 0.6) is 0 Å². The summed E-state index contributed by atoms with van der Waals surface area (Å²) in [5.41, 5.74) is 1.45. The van der Waals surface area contributed by atoms with Gasteiger partial charge in [0.2, 0.25) is 0 Å². The maximum atomic E-state index is 14.1. The monoisotopic (exact) mass is 790 g/mol. The fourth-order valence-corrected chi connectivity index (χ4v) is 9.67. The van der Waals surface area contributed by atoms with E-state index in [1.165, 1.54) is 12.7 Å². The van der Waals surface area contributed by atoms with E-state index in [9.17, 15) is 29.4 Å². The fourth-order valence-electron chi connectivity index (χ4n) is 8.94. The number of unbranched alkanes of at least 4 members (excludes halogenated alkanes) is 2. The molecule has 4 aliphatic heterocycles. The summed E-state index contributed by atoms with van der Waals surface area (Å²) in [7, 11) is 0. The van der Waals surface area contributed by atoms with Crippen LogP contribution in [0, 0.1) is 0 Å². The van der Waals surface area contributed by atoms with Crippen molar-refractivity contribution < 1.29 is 29.4 Å². The van der Waals surface area contributed by atoms with Crippen LogP contribution in [0.1, 0.15) is 111 Å². The number of hydrogen-bond donors (Lipinski definition) is 2. The number of nitrogens with zero attached hydrogens (tertiary/aromatic N) is 6. The first-order valence-electron chi connectivity index (χ1n) is 16.4. The average molecular weight is 792 g/mol. The van der Waals surface area contributed by atoms with Crippen LogP contribution >= 0.6 is 31.9 Å². The number of hydrogen-bond acceptors (Lipinski definition) is 6. The molecule has 2 aromatic heterocycles. The second-order valence-corrected chi connectivity index (χ2v) is 15.1. The smallest absolute Gasteiger partial charge is 0.356 e. The number of benzene rings is 2. The van der Waals surface area contributed by atoms with E-state index in [0.717, 1.165) is 28.2 Å². The molecule has 0 saturated carbocycles. The quantitative estimate of drug-likeness (QED) is 0.192. The highest BCUT2D eigenvalue weighted by atomic mass is 79.9. The predicted octanol–water partition coefficient (Wildman–Crippen LogP) is 6.52. The van der Waals surface area contributed by atoms with Crippen LogP contribution in [-0.4, -0.2) is 76.0 Å². The number of fused-ring (bicyclic) bond motifs is 10. The van der Waals surface area contributed by atoms with Crippen LogP contribution in [0.25, 0.3) is 11.4 Å². The number of carboxylic acids is 2. The number of rotatable bonds is 8. The highest BCUT2D eigenvalue weighted by molar-refractivity contribution is 9.10. The molecule has 4 aromatic rings. The minimum absolute atomic E-state index is 0.0476. The van der Waals surface area contributed by atoms with Crippen molar-refractivity contribution in [3.8, 4) is 11.4 Å². The molecule has 2 atom stereocenters. The van der Waals surface area contributed by atoms with Gasteiger partial charge in [-0.3, -0.25) is 18.7 Å². The number of imidazole rings is 2. The third kappa shape index (κ3) is 4.66. The number of carboxylic acid groups (broad SMARTS) is 2. The lowest BCUT2D eigenvalue weighted by Crippen LogP contribution is -2.46. The molecule has 12 nitrogen and oxygen atoms in total. The zero-order valence-electron chi connectivity index (χ0n) is 26.4. The van der Waals surface area contributed by atoms with Crippen molar-refractivity contribution in [2.45, 2.75) is 68.9 Å². The summed E-state index contributed by atoms with van der Waals surface area (Å²) >= 11 is 6.99. The summed E-state index contributed by atoms with van der Waals surface area (Å²) < 4.78 is 5.08. The Bertz CT molecular complexity index is 1950. The fraction of sp³-hybridized carbons (Fsp3) is 0.371. The Morgan fingerprint density at radius 2 is 1.12 bits per heavy atom. The lowest BCUT2D eigenvalue weighted by molar-refractivity contribution is 0.0524. The van der Waals surface area contributed by atoms with Gasteiger partial charge >= 0.3 is 11.9 Å². The van der Waals surface area contributed by atoms with Crippen molar-refractivity contribution in [1.82, 2.24) is 28.9 Å². The molecule has 0 bridgehead atoms. The van der Waals surface area contributed by atoms with Gasteiger partial charge in [0.15, 0.2) is 11.4 Å². The number of amides is 2. The summed E-state index contributed by atoms with van der Waals surface area (Å²) in [6.07, 6.45) is 8.86. The first kappa shape index (κ1) is 31.9. The van der Waals surface area contributed by atoms with Gasteiger partial charge in [0, 0.05) is 22.0 Å². The van der Waals surface area contributed by atoms with E-state index in [4.69, 9.17) is 0 Å². The van der Waals surface area contributed by atoms with Gasteiger partial charge in [-0.1, -0.05) is 51.1 Å². The second-order valence-electron chi connectivity index (χ2n) is 13.3. The summed E-state index contributed by atoms with van der Waals surface area (Å²) in [6.45, 7) is 1.02. The number of aromatic carboxylic acids is 2. The Morgan fingerprint density at radius 1 is 0.694 bits per heavy atom. The topological polar surface area (TPSA) is 151 Å². The van der Waals surface area contributed by atoms with Crippen LogP contribution in [0.2, 0.25) is 0 Å². The molecule has 49 heavy (non-hydrogen) atoms. The minimum atomic E-state index is -1.13. The summed E-state index contributed by atoms with van der Waals surface area (Å²) in [5, 5.41) is 20.5. The highest BCUT2D eigenvalue weighted by Crippen LogP contribution is 2.50. The van der Waals surface area contributed by atoms with Crippen molar-refractivity contribution in [2.24, 2.45) is 0 Å². The van der Waals surface area contributed by atoms with Crippen LogP contribution in [0.15, 0.2) is 58.0 Å². The summed E-state index contributed by atoms with van der Waals surface area (Å²) in [6, 6.07) is 10.9. The molecule has 4 aliphatic rings. The number of aromatic nitrogens is 4. The zero-order chi connectivity index (χ0) is 34.2. The number of carbonyl (C=O) groups is 4. The Balaban J connectivity index is 1.11. The molecule has 14 heteroatoms. The minimum Gasteiger partial charge on any atom is -0.476 e. The normalized spacial score (nSPS) is 22.1. The van der Waals surface area contributed by atoms with Crippen molar-refractivity contribution in [1.29, 1.82) is 0 Å². The first-order chi connectivity index (χ1) is 23.6. The highest BCUT2D eigenvalue weighted by Gasteiger charge is 2.53. The van der Waals surface area contributed by atoms with Gasteiger partial charge in [-0.2, -0.15) is 0 Å². The van der Waals surface area contributed by atoms with Crippen LogP contribution in [0.4, 0.5) is 0 Å². The molecule has 0 unspecified atom stereocenters. The van der Waals surface area contributed by atoms with Gasteiger partial charge in [-0.25, -0.2) is 19.6 Å². The average Bonchev–Trinajstić information content (AvgIpc) is 3.87. The molecular formula is C35H32Br2N6O6. The Labute approximate surface area is 298 Å². The predicted molar refractivity (Wildman–Crippen MR) is 183 cm³/mol.